The lowest BCUT2D eigenvalue weighted by Crippen LogP contribution is -2.43. The van der Waals surface area contributed by atoms with Crippen molar-refractivity contribution < 1.29 is 17.2 Å². The van der Waals surface area contributed by atoms with E-state index in [0.717, 1.165) is 12.1 Å². The van der Waals surface area contributed by atoms with E-state index in [4.69, 9.17) is 0 Å². The molecule has 0 amide bonds. The summed E-state index contributed by atoms with van der Waals surface area (Å²) in [6, 6.07) is 3.27. The molecule has 0 saturated carbocycles. The lowest BCUT2D eigenvalue weighted by atomic mass is 10.1. The molecule has 1 aromatic rings. The predicted octanol–water partition coefficient (Wildman–Crippen LogP) is 2.11. The van der Waals surface area contributed by atoms with Gasteiger partial charge in [0, 0.05) is 25.9 Å². The van der Waals surface area contributed by atoms with Crippen molar-refractivity contribution in [3.05, 3.63) is 35.4 Å². The first-order chi connectivity index (χ1) is 10.7. The summed E-state index contributed by atoms with van der Waals surface area (Å²) >= 11 is 0. The molecule has 2 N–H and O–H groups in total. The molecule has 0 fully saturated rings. The second-order valence-corrected chi connectivity index (χ2v) is 7.71. The van der Waals surface area contributed by atoms with Gasteiger partial charge in [0.15, 0.2) is 5.96 Å². The quantitative estimate of drug-likeness (QED) is 0.360. The number of nitrogens with one attached hydrogen (secondary N) is 2. The molecule has 9 heteroatoms. The highest BCUT2D eigenvalue weighted by Gasteiger charge is 2.10. The van der Waals surface area contributed by atoms with Crippen molar-refractivity contribution in [2.45, 2.75) is 25.8 Å². The summed E-state index contributed by atoms with van der Waals surface area (Å²) in [5, 5.41) is 6.05. The molecule has 0 radical (unpaired) electrons. The largest absolute Gasteiger partial charge is 0.356 e. The number of guanidine groups is 1. The lowest BCUT2D eigenvalue weighted by molar-refractivity contribution is 0.577. The maximum atomic E-state index is 13.5. The highest BCUT2D eigenvalue weighted by molar-refractivity contribution is 14.0. The van der Waals surface area contributed by atoms with Crippen LogP contribution in [0.5, 0.6) is 0 Å². The van der Waals surface area contributed by atoms with E-state index in [1.165, 1.54) is 12.3 Å². The van der Waals surface area contributed by atoms with Crippen LogP contribution in [-0.4, -0.2) is 46.0 Å². The fraction of sp³-hybridized carbons (Fsp3) is 0.533. The van der Waals surface area contributed by atoms with Gasteiger partial charge in [-0.2, -0.15) is 0 Å². The molecule has 0 bridgehead atoms. The fourth-order valence-corrected chi connectivity index (χ4v) is 2.72. The minimum absolute atomic E-state index is 0. The maximum Gasteiger partial charge on any atom is 0.191 e. The summed E-state index contributed by atoms with van der Waals surface area (Å²) in [5.41, 5.74) is 0.290. The van der Waals surface area contributed by atoms with Crippen molar-refractivity contribution in [3.8, 4) is 0 Å². The highest BCUT2D eigenvalue weighted by atomic mass is 127. The molecule has 138 valence electrons. The van der Waals surface area contributed by atoms with Crippen LogP contribution in [0, 0.1) is 11.6 Å². The molecule has 1 atom stereocenters. The first-order valence-corrected chi connectivity index (χ1v) is 9.36. The summed E-state index contributed by atoms with van der Waals surface area (Å²) in [6.45, 7) is 2.23. The van der Waals surface area contributed by atoms with E-state index in [9.17, 15) is 17.2 Å². The summed E-state index contributed by atoms with van der Waals surface area (Å²) in [7, 11) is -1.42. The molecule has 1 unspecified atom stereocenters. The number of hydrogen-bond donors (Lipinski definition) is 2. The van der Waals surface area contributed by atoms with Crippen molar-refractivity contribution in [1.29, 1.82) is 0 Å². The molecule has 1 aromatic carbocycles. The van der Waals surface area contributed by atoms with E-state index >= 15 is 0 Å². The molecule has 0 aliphatic rings. The molecule has 0 aromatic heterocycles. The van der Waals surface area contributed by atoms with Gasteiger partial charge in [-0.25, -0.2) is 17.2 Å². The van der Waals surface area contributed by atoms with E-state index < -0.39 is 21.5 Å². The standard InChI is InChI=1S/C15H23F2N3O2S.HI/c1-11(7-9-23(3,21)22)20-15(18-2)19-8-6-12-10-13(16)4-5-14(12)17;/h4-5,10-11H,6-9H2,1-3H3,(H2,18,19,20);1H. The van der Waals surface area contributed by atoms with Gasteiger partial charge in [0.05, 0.1) is 5.75 Å². The average Bonchev–Trinajstić information content (AvgIpc) is 2.47. The van der Waals surface area contributed by atoms with E-state index in [1.807, 2.05) is 6.92 Å². The number of rotatable bonds is 7. The van der Waals surface area contributed by atoms with Crippen LogP contribution in [-0.2, 0) is 16.3 Å². The smallest absolute Gasteiger partial charge is 0.191 e. The average molecular weight is 475 g/mol. The number of aliphatic imine (C=N–C) groups is 1. The van der Waals surface area contributed by atoms with Crippen LogP contribution < -0.4 is 10.6 Å². The van der Waals surface area contributed by atoms with Crippen LogP contribution in [0.15, 0.2) is 23.2 Å². The summed E-state index contributed by atoms with van der Waals surface area (Å²) in [6.07, 6.45) is 1.96. The van der Waals surface area contributed by atoms with Gasteiger partial charge in [0.1, 0.15) is 21.5 Å². The maximum absolute atomic E-state index is 13.5. The number of hydrogen-bond acceptors (Lipinski definition) is 3. The van der Waals surface area contributed by atoms with Gasteiger partial charge >= 0.3 is 0 Å². The third-order valence-corrected chi connectivity index (χ3v) is 4.20. The molecule has 0 saturated heterocycles. The number of halogens is 3. The van der Waals surface area contributed by atoms with E-state index in [1.54, 1.807) is 7.05 Å². The lowest BCUT2D eigenvalue weighted by Gasteiger charge is -2.17. The Balaban J connectivity index is 0.00000529. The second-order valence-electron chi connectivity index (χ2n) is 5.45. The van der Waals surface area contributed by atoms with E-state index in [-0.39, 0.29) is 41.3 Å². The first kappa shape index (κ1) is 23.0. The Hall–Kier alpha value is -0.970. The zero-order chi connectivity index (χ0) is 17.5. The number of sulfone groups is 1. The second kappa shape index (κ2) is 10.8. The minimum atomic E-state index is -3.00. The van der Waals surface area contributed by atoms with Crippen LogP contribution in [0.25, 0.3) is 0 Å². The van der Waals surface area contributed by atoms with Gasteiger partial charge in [-0.05, 0) is 43.5 Å². The van der Waals surface area contributed by atoms with E-state index in [0.29, 0.717) is 25.3 Å². The van der Waals surface area contributed by atoms with Gasteiger partial charge < -0.3 is 10.6 Å². The molecular formula is C15H24F2IN3O2S. The third-order valence-electron chi connectivity index (χ3n) is 3.22. The Morgan fingerprint density at radius 2 is 2.00 bits per heavy atom. The van der Waals surface area contributed by atoms with E-state index in [2.05, 4.69) is 15.6 Å². The van der Waals surface area contributed by atoms with Crippen molar-refractivity contribution in [3.63, 3.8) is 0 Å². The van der Waals surface area contributed by atoms with Gasteiger partial charge in [0.2, 0.25) is 0 Å². The van der Waals surface area contributed by atoms with Crippen LogP contribution in [0.2, 0.25) is 0 Å². The summed E-state index contributed by atoms with van der Waals surface area (Å²) < 4.78 is 48.9. The van der Waals surface area contributed by atoms with Crippen LogP contribution in [0.1, 0.15) is 18.9 Å². The SMILES string of the molecule is CN=C(NCCc1cc(F)ccc1F)NC(C)CCS(C)(=O)=O.I. The molecule has 5 nitrogen and oxygen atoms in total. The van der Waals surface area contributed by atoms with Crippen molar-refractivity contribution >= 4 is 39.8 Å². The zero-order valence-electron chi connectivity index (χ0n) is 14.0. The molecule has 1 rings (SSSR count). The van der Waals surface area contributed by atoms with Crippen molar-refractivity contribution in [2.75, 3.05) is 25.6 Å². The highest BCUT2D eigenvalue weighted by Crippen LogP contribution is 2.09. The number of benzene rings is 1. The Morgan fingerprint density at radius 3 is 2.58 bits per heavy atom. The Morgan fingerprint density at radius 1 is 1.33 bits per heavy atom. The first-order valence-electron chi connectivity index (χ1n) is 7.30. The molecular weight excluding hydrogens is 451 g/mol. The molecule has 0 heterocycles. The van der Waals surface area contributed by atoms with Gasteiger partial charge in [-0.3, -0.25) is 4.99 Å². The van der Waals surface area contributed by atoms with Crippen LogP contribution in [0.4, 0.5) is 8.78 Å². The van der Waals surface area contributed by atoms with Gasteiger partial charge in [-0.1, -0.05) is 0 Å². The topological polar surface area (TPSA) is 70.6 Å². The Kier molecular flexibility index (Phi) is 10.4. The van der Waals surface area contributed by atoms with Crippen LogP contribution >= 0.6 is 24.0 Å². The molecule has 0 spiro atoms. The van der Waals surface area contributed by atoms with Crippen molar-refractivity contribution in [2.24, 2.45) is 4.99 Å². The Labute approximate surface area is 159 Å². The molecule has 0 aliphatic heterocycles. The van der Waals surface area contributed by atoms with Crippen LogP contribution in [0.3, 0.4) is 0 Å². The third kappa shape index (κ3) is 9.36. The number of nitrogens with zero attached hydrogens (tertiary/aromatic N) is 1. The fourth-order valence-electron chi connectivity index (χ4n) is 1.94. The van der Waals surface area contributed by atoms with Gasteiger partial charge in [0.25, 0.3) is 0 Å². The predicted molar refractivity (Wildman–Crippen MR) is 104 cm³/mol. The molecule has 0 aliphatic carbocycles. The minimum Gasteiger partial charge on any atom is -0.356 e. The van der Waals surface area contributed by atoms with Gasteiger partial charge in [-0.15, -0.1) is 24.0 Å². The molecule has 24 heavy (non-hydrogen) atoms. The monoisotopic (exact) mass is 475 g/mol. The summed E-state index contributed by atoms with van der Waals surface area (Å²) in [5.74, 6) is -0.342. The van der Waals surface area contributed by atoms with Crippen molar-refractivity contribution in [1.82, 2.24) is 10.6 Å². The Bertz CT molecular complexity index is 654. The normalized spacial score (nSPS) is 13.1. The zero-order valence-corrected chi connectivity index (χ0v) is 17.1. The summed E-state index contributed by atoms with van der Waals surface area (Å²) in [4.78, 5) is 4.02.